The number of halogens is 1. The highest BCUT2D eigenvalue weighted by atomic mass is 19.1. The van der Waals surface area contributed by atoms with Gasteiger partial charge in [0.05, 0.1) is 13.2 Å². The molecule has 0 bridgehead atoms. The van der Waals surface area contributed by atoms with Crippen LogP contribution in [0.5, 0.6) is 0 Å². The Morgan fingerprint density at radius 1 is 0.953 bits per heavy atom. The van der Waals surface area contributed by atoms with E-state index in [0.717, 1.165) is 84.7 Å². The third-order valence-electron chi connectivity index (χ3n) is 9.53. The summed E-state index contributed by atoms with van der Waals surface area (Å²) in [7, 11) is 0. The number of aryl methyl sites for hydroxylation is 2. The summed E-state index contributed by atoms with van der Waals surface area (Å²) in [6.07, 6.45) is 11.9. The summed E-state index contributed by atoms with van der Waals surface area (Å²) in [5, 5.41) is 0. The van der Waals surface area contributed by atoms with Gasteiger partial charge in [0.2, 0.25) is 0 Å². The number of hydrogen-bond acceptors (Lipinski definition) is 2. The Bertz CT molecular complexity index is 1210. The summed E-state index contributed by atoms with van der Waals surface area (Å²) in [5.41, 5.74) is 7.61. The zero-order valence-electron chi connectivity index (χ0n) is 29.1. The summed E-state index contributed by atoms with van der Waals surface area (Å²) in [6.45, 7) is 23.9. The molecule has 0 N–H and O–H groups in total. The lowest BCUT2D eigenvalue weighted by molar-refractivity contribution is 0.0890. The smallest absolute Gasteiger partial charge is 0.132 e. The highest BCUT2D eigenvalue weighted by Crippen LogP contribution is 2.37. The molecule has 43 heavy (non-hydrogen) atoms. The fourth-order valence-corrected chi connectivity index (χ4v) is 6.82. The van der Waals surface area contributed by atoms with Crippen molar-refractivity contribution in [3.8, 4) is 11.1 Å². The van der Waals surface area contributed by atoms with Gasteiger partial charge in [0.15, 0.2) is 0 Å². The molecule has 3 nitrogen and oxygen atoms in total. The van der Waals surface area contributed by atoms with Crippen molar-refractivity contribution < 1.29 is 9.13 Å². The minimum absolute atomic E-state index is 0.00575. The van der Waals surface area contributed by atoms with Crippen LogP contribution < -0.4 is 0 Å². The highest BCUT2D eigenvalue weighted by Gasteiger charge is 2.30. The van der Waals surface area contributed by atoms with Crippen LogP contribution in [0.15, 0.2) is 29.3 Å². The maximum atomic E-state index is 16.4. The van der Waals surface area contributed by atoms with Gasteiger partial charge in [-0.1, -0.05) is 97.4 Å². The van der Waals surface area contributed by atoms with Crippen LogP contribution in [0.25, 0.3) is 11.1 Å². The Labute approximate surface area is 263 Å². The topological polar surface area (TPSA) is 24.8 Å². The number of unbranched alkanes of at least 4 members (excludes halogenated alkanes) is 2. The average molecular weight is 593 g/mol. The minimum Gasteiger partial charge on any atom is -0.379 e. The van der Waals surface area contributed by atoms with Gasteiger partial charge < -0.3 is 9.64 Å². The maximum Gasteiger partial charge on any atom is 0.132 e. The van der Waals surface area contributed by atoms with Crippen LogP contribution in [0, 0.1) is 37.4 Å². The number of benzene rings is 2. The van der Waals surface area contributed by atoms with E-state index in [1.165, 1.54) is 50.5 Å². The molecule has 0 aromatic heterocycles. The van der Waals surface area contributed by atoms with Crippen LogP contribution >= 0.6 is 0 Å². The number of aliphatic imine (C=N–C) groups is 1. The molecule has 0 atom stereocenters. The zero-order valence-corrected chi connectivity index (χ0v) is 29.1. The van der Waals surface area contributed by atoms with Gasteiger partial charge in [-0.2, -0.15) is 0 Å². The lowest BCUT2D eigenvalue weighted by Gasteiger charge is -2.32. The van der Waals surface area contributed by atoms with Gasteiger partial charge in [-0.3, -0.25) is 4.99 Å². The molecule has 1 aliphatic heterocycles. The van der Waals surface area contributed by atoms with Gasteiger partial charge in [0.25, 0.3) is 0 Å². The molecule has 2 aromatic rings. The first-order chi connectivity index (χ1) is 20.4. The molecule has 3 rings (SSSR count). The molecular weight excluding hydrogens is 531 g/mol. The standard InChI is InChI=1S/C39H61FN2O/c1-10-13-19-39(9,20-14-11-2)21-15-22-41-37(42-23-24-43-28-38(7,8)27-42)33-26-35(40)36(31(6)30(33)5)34-25-29(4)17-18-32(34)16-12-3/h17-18,25-26H,10-16,19-24,27-28H2,1-9H3. The molecule has 0 amide bonds. The number of amidine groups is 1. The van der Waals surface area contributed by atoms with Crippen molar-refractivity contribution in [2.24, 2.45) is 15.8 Å². The fraction of sp³-hybridized carbons (Fsp3) is 0.667. The van der Waals surface area contributed by atoms with Crippen LogP contribution in [0.2, 0.25) is 0 Å². The Kier molecular flexibility index (Phi) is 13.3. The first-order valence-corrected chi connectivity index (χ1v) is 17.2. The van der Waals surface area contributed by atoms with Crippen molar-refractivity contribution >= 4 is 5.84 Å². The van der Waals surface area contributed by atoms with E-state index in [1.807, 2.05) is 0 Å². The lowest BCUT2D eigenvalue weighted by Crippen LogP contribution is -2.40. The third kappa shape index (κ3) is 9.64. The summed E-state index contributed by atoms with van der Waals surface area (Å²) in [5.74, 6) is 0.789. The van der Waals surface area contributed by atoms with E-state index in [-0.39, 0.29) is 11.2 Å². The lowest BCUT2D eigenvalue weighted by atomic mass is 9.76. The molecule has 0 spiro atoms. The molecule has 1 aliphatic rings. The third-order valence-corrected chi connectivity index (χ3v) is 9.53. The van der Waals surface area contributed by atoms with E-state index in [4.69, 9.17) is 9.73 Å². The molecule has 2 aromatic carbocycles. The van der Waals surface area contributed by atoms with Crippen LogP contribution in [-0.4, -0.2) is 43.6 Å². The summed E-state index contributed by atoms with van der Waals surface area (Å²) in [6, 6.07) is 8.26. The van der Waals surface area contributed by atoms with Crippen molar-refractivity contribution in [3.63, 3.8) is 0 Å². The van der Waals surface area contributed by atoms with E-state index < -0.39 is 0 Å². The molecule has 0 saturated carbocycles. The van der Waals surface area contributed by atoms with Gasteiger partial charge in [0.1, 0.15) is 11.7 Å². The van der Waals surface area contributed by atoms with E-state index in [1.54, 1.807) is 6.07 Å². The average Bonchev–Trinajstić information content (AvgIpc) is 3.14. The summed E-state index contributed by atoms with van der Waals surface area (Å²) < 4.78 is 22.4. The van der Waals surface area contributed by atoms with Crippen LogP contribution in [0.4, 0.5) is 4.39 Å². The number of hydrogen-bond donors (Lipinski definition) is 0. The molecule has 1 fully saturated rings. The van der Waals surface area contributed by atoms with E-state index >= 15 is 4.39 Å². The maximum absolute atomic E-state index is 16.4. The van der Waals surface area contributed by atoms with E-state index in [0.29, 0.717) is 12.0 Å². The SMILES string of the molecule is CCCCC(C)(CCCC)CCCN=C(c1cc(F)c(-c2cc(C)ccc2CCC)c(C)c1C)N1CCOCC(C)(C)C1. The molecule has 4 heteroatoms. The predicted molar refractivity (Wildman–Crippen MR) is 184 cm³/mol. The molecule has 1 saturated heterocycles. The molecule has 240 valence electrons. The van der Waals surface area contributed by atoms with Crippen molar-refractivity contribution in [3.05, 3.63) is 57.9 Å². The van der Waals surface area contributed by atoms with Crippen molar-refractivity contribution in [2.45, 2.75) is 127 Å². The molecule has 1 heterocycles. The Morgan fingerprint density at radius 2 is 1.63 bits per heavy atom. The Hall–Kier alpha value is -2.20. The highest BCUT2D eigenvalue weighted by molar-refractivity contribution is 6.01. The van der Waals surface area contributed by atoms with Gasteiger partial charge in [-0.05, 0) is 86.6 Å². The van der Waals surface area contributed by atoms with E-state index in [9.17, 15) is 0 Å². The second-order valence-corrected chi connectivity index (χ2v) is 14.4. The van der Waals surface area contributed by atoms with Crippen LogP contribution in [-0.2, 0) is 11.2 Å². The van der Waals surface area contributed by atoms with Gasteiger partial charge in [0, 0.05) is 36.2 Å². The second kappa shape index (κ2) is 16.2. The quantitative estimate of drug-likeness (QED) is 0.124. The largest absolute Gasteiger partial charge is 0.379 e. The van der Waals surface area contributed by atoms with Crippen LogP contribution in [0.3, 0.4) is 0 Å². The second-order valence-electron chi connectivity index (χ2n) is 14.4. The number of ether oxygens (including phenoxy) is 1. The fourth-order valence-electron chi connectivity index (χ4n) is 6.82. The van der Waals surface area contributed by atoms with Crippen molar-refractivity contribution in [1.82, 2.24) is 4.90 Å². The van der Waals surface area contributed by atoms with Gasteiger partial charge in [-0.15, -0.1) is 0 Å². The molecule has 0 unspecified atom stereocenters. The van der Waals surface area contributed by atoms with Gasteiger partial charge >= 0.3 is 0 Å². The minimum atomic E-state index is -0.147. The number of nitrogens with zero attached hydrogens (tertiary/aromatic N) is 2. The molecular formula is C39H61FN2O. The normalized spacial score (nSPS) is 16.0. The number of rotatable bonds is 14. The molecule has 0 radical (unpaired) electrons. The summed E-state index contributed by atoms with van der Waals surface area (Å²) >= 11 is 0. The summed E-state index contributed by atoms with van der Waals surface area (Å²) in [4.78, 5) is 7.69. The molecule has 0 aliphatic carbocycles. The Balaban J connectivity index is 2.03. The van der Waals surface area contributed by atoms with E-state index in [2.05, 4.69) is 85.4 Å². The Morgan fingerprint density at radius 3 is 2.28 bits per heavy atom. The zero-order chi connectivity index (χ0) is 31.6. The van der Waals surface area contributed by atoms with Crippen LogP contribution in [0.1, 0.15) is 127 Å². The predicted octanol–water partition coefficient (Wildman–Crippen LogP) is 10.6. The monoisotopic (exact) mass is 592 g/mol. The van der Waals surface area contributed by atoms with Crippen molar-refractivity contribution in [1.29, 1.82) is 0 Å². The van der Waals surface area contributed by atoms with Gasteiger partial charge in [-0.25, -0.2) is 4.39 Å². The first-order valence-electron chi connectivity index (χ1n) is 17.2. The first kappa shape index (κ1) is 35.3. The van der Waals surface area contributed by atoms with Crippen molar-refractivity contribution in [2.75, 3.05) is 32.8 Å².